The van der Waals surface area contributed by atoms with E-state index >= 15 is 0 Å². The molecule has 0 spiro atoms. The molecule has 0 unspecified atom stereocenters. The molecule has 0 aliphatic carbocycles. The highest BCUT2D eigenvalue weighted by Crippen LogP contribution is 2.14. The first-order valence-electron chi connectivity index (χ1n) is 7.00. The molecular formula is C15H22N4O. The molecule has 0 saturated carbocycles. The Kier molecular flexibility index (Phi) is 5.12. The Morgan fingerprint density at radius 3 is 2.85 bits per heavy atom. The van der Waals surface area contributed by atoms with Crippen LogP contribution in [0, 0.1) is 0 Å². The summed E-state index contributed by atoms with van der Waals surface area (Å²) in [6.45, 7) is 8.63. The summed E-state index contributed by atoms with van der Waals surface area (Å²) in [5, 5.41) is 3.35. The molecule has 0 atom stereocenters. The number of furan rings is 1. The van der Waals surface area contributed by atoms with Crippen molar-refractivity contribution in [1.29, 1.82) is 0 Å². The Morgan fingerprint density at radius 1 is 1.35 bits per heavy atom. The first kappa shape index (κ1) is 14.5. The van der Waals surface area contributed by atoms with Crippen molar-refractivity contribution in [3.8, 4) is 0 Å². The predicted molar refractivity (Wildman–Crippen MR) is 79.4 cm³/mol. The molecule has 0 radical (unpaired) electrons. The van der Waals surface area contributed by atoms with Crippen LogP contribution in [0.3, 0.4) is 0 Å². The van der Waals surface area contributed by atoms with Crippen LogP contribution in [0.25, 0.3) is 0 Å². The Hall–Kier alpha value is -1.88. The number of nitrogens with one attached hydrogen (secondary N) is 1. The number of nitrogens with zero attached hydrogens (tertiary/aromatic N) is 3. The Morgan fingerprint density at radius 2 is 2.20 bits per heavy atom. The van der Waals surface area contributed by atoms with Gasteiger partial charge in [-0.15, -0.1) is 0 Å². The minimum atomic E-state index is 0.436. The lowest BCUT2D eigenvalue weighted by Crippen LogP contribution is -2.25. The Balaban J connectivity index is 2.07. The first-order valence-corrected chi connectivity index (χ1v) is 7.00. The van der Waals surface area contributed by atoms with Crippen molar-refractivity contribution in [3.05, 3.63) is 42.2 Å². The second-order valence-electron chi connectivity index (χ2n) is 5.00. The van der Waals surface area contributed by atoms with Crippen LogP contribution in [0.5, 0.6) is 0 Å². The van der Waals surface area contributed by atoms with Gasteiger partial charge in [0.25, 0.3) is 0 Å². The summed E-state index contributed by atoms with van der Waals surface area (Å²) >= 11 is 0. The first-order chi connectivity index (χ1) is 9.69. The second kappa shape index (κ2) is 7.05. The van der Waals surface area contributed by atoms with E-state index in [9.17, 15) is 0 Å². The molecule has 5 heteroatoms. The zero-order chi connectivity index (χ0) is 14.4. The Bertz CT molecular complexity index is 510. The Labute approximate surface area is 120 Å². The van der Waals surface area contributed by atoms with Gasteiger partial charge in [0.1, 0.15) is 11.6 Å². The normalized spacial score (nSPS) is 11.0. The van der Waals surface area contributed by atoms with Crippen LogP contribution in [0.15, 0.2) is 35.2 Å². The molecule has 2 aromatic heterocycles. The van der Waals surface area contributed by atoms with E-state index in [1.165, 1.54) is 0 Å². The highest BCUT2D eigenvalue weighted by atomic mass is 16.3. The van der Waals surface area contributed by atoms with Crippen molar-refractivity contribution in [2.45, 2.75) is 39.9 Å². The summed E-state index contributed by atoms with van der Waals surface area (Å²) in [7, 11) is 0. The lowest BCUT2D eigenvalue weighted by Gasteiger charge is -2.21. The third-order valence-electron chi connectivity index (χ3n) is 3.00. The maximum absolute atomic E-state index is 5.39. The van der Waals surface area contributed by atoms with Crippen LogP contribution >= 0.6 is 0 Å². The fraction of sp³-hybridized carbons (Fsp3) is 0.467. The van der Waals surface area contributed by atoms with Crippen molar-refractivity contribution in [3.63, 3.8) is 0 Å². The average Bonchev–Trinajstić information content (AvgIpc) is 2.96. The molecule has 0 amide bonds. The van der Waals surface area contributed by atoms with Gasteiger partial charge in [-0.25, -0.2) is 4.98 Å². The van der Waals surface area contributed by atoms with Gasteiger partial charge in [-0.3, -0.25) is 4.98 Å². The van der Waals surface area contributed by atoms with Crippen LogP contribution in [0.2, 0.25) is 0 Å². The third kappa shape index (κ3) is 4.06. The maximum Gasteiger partial charge on any atom is 0.147 e. The van der Waals surface area contributed by atoms with Crippen molar-refractivity contribution in [2.24, 2.45) is 0 Å². The summed E-state index contributed by atoms with van der Waals surface area (Å²) in [4.78, 5) is 11.1. The van der Waals surface area contributed by atoms with E-state index in [2.05, 4.69) is 41.0 Å². The van der Waals surface area contributed by atoms with Gasteiger partial charge in [-0.1, -0.05) is 13.8 Å². The largest absolute Gasteiger partial charge is 0.467 e. The van der Waals surface area contributed by atoms with E-state index < -0.39 is 0 Å². The summed E-state index contributed by atoms with van der Waals surface area (Å²) < 4.78 is 5.39. The zero-order valence-electron chi connectivity index (χ0n) is 12.3. The van der Waals surface area contributed by atoms with Gasteiger partial charge in [0.2, 0.25) is 0 Å². The van der Waals surface area contributed by atoms with Crippen molar-refractivity contribution >= 4 is 5.82 Å². The molecular weight excluding hydrogens is 252 g/mol. The molecule has 20 heavy (non-hydrogen) atoms. The summed E-state index contributed by atoms with van der Waals surface area (Å²) in [6, 6.07) is 4.31. The lowest BCUT2D eigenvalue weighted by atomic mass is 10.3. The van der Waals surface area contributed by atoms with Gasteiger partial charge < -0.3 is 14.6 Å². The summed E-state index contributed by atoms with van der Waals surface area (Å²) in [6.07, 6.45) is 5.29. The van der Waals surface area contributed by atoms with E-state index in [4.69, 9.17) is 4.42 Å². The topological polar surface area (TPSA) is 54.2 Å². The molecule has 0 aliphatic heterocycles. The number of anilines is 1. The van der Waals surface area contributed by atoms with Gasteiger partial charge >= 0.3 is 0 Å². The number of rotatable bonds is 7. The van der Waals surface area contributed by atoms with Gasteiger partial charge in [0, 0.05) is 25.3 Å². The third-order valence-corrected chi connectivity index (χ3v) is 3.00. The molecule has 108 valence electrons. The SMILES string of the molecule is CCN(Cc1ccco1)c1cncc(CNC(C)C)n1. The van der Waals surface area contributed by atoms with E-state index in [1.54, 1.807) is 18.7 Å². The van der Waals surface area contributed by atoms with Crippen LogP contribution in [0.4, 0.5) is 5.82 Å². The molecule has 0 bridgehead atoms. The summed E-state index contributed by atoms with van der Waals surface area (Å²) in [5.41, 5.74) is 0.953. The van der Waals surface area contributed by atoms with Crippen LogP contribution in [-0.2, 0) is 13.1 Å². The molecule has 0 aliphatic rings. The molecule has 5 nitrogen and oxygen atoms in total. The minimum absolute atomic E-state index is 0.436. The van der Waals surface area contributed by atoms with E-state index in [0.29, 0.717) is 12.6 Å². The lowest BCUT2D eigenvalue weighted by molar-refractivity contribution is 0.502. The van der Waals surface area contributed by atoms with Crippen molar-refractivity contribution < 1.29 is 4.42 Å². The molecule has 2 aromatic rings. The number of hydrogen-bond donors (Lipinski definition) is 1. The molecule has 0 saturated heterocycles. The molecule has 2 rings (SSSR count). The van der Waals surface area contributed by atoms with Gasteiger partial charge in [0.15, 0.2) is 0 Å². The fourth-order valence-electron chi connectivity index (χ4n) is 1.89. The van der Waals surface area contributed by atoms with Crippen LogP contribution in [0.1, 0.15) is 32.2 Å². The van der Waals surface area contributed by atoms with Crippen LogP contribution in [-0.4, -0.2) is 22.6 Å². The monoisotopic (exact) mass is 274 g/mol. The highest BCUT2D eigenvalue weighted by molar-refractivity contribution is 5.36. The smallest absolute Gasteiger partial charge is 0.147 e. The second-order valence-corrected chi connectivity index (χ2v) is 5.00. The molecule has 0 fully saturated rings. The predicted octanol–water partition coefficient (Wildman–Crippen LogP) is 2.59. The van der Waals surface area contributed by atoms with E-state index in [0.717, 1.165) is 30.4 Å². The quantitative estimate of drug-likeness (QED) is 0.841. The average molecular weight is 274 g/mol. The summed E-state index contributed by atoms with van der Waals surface area (Å²) in [5.74, 6) is 1.81. The zero-order valence-corrected chi connectivity index (χ0v) is 12.3. The van der Waals surface area contributed by atoms with E-state index in [1.807, 2.05) is 12.1 Å². The molecule has 1 N–H and O–H groups in total. The molecule has 2 heterocycles. The van der Waals surface area contributed by atoms with Gasteiger partial charge in [0.05, 0.1) is 24.7 Å². The number of hydrogen-bond acceptors (Lipinski definition) is 5. The minimum Gasteiger partial charge on any atom is -0.467 e. The van der Waals surface area contributed by atoms with Crippen LogP contribution < -0.4 is 10.2 Å². The van der Waals surface area contributed by atoms with E-state index in [-0.39, 0.29) is 0 Å². The van der Waals surface area contributed by atoms with Crippen molar-refractivity contribution in [2.75, 3.05) is 11.4 Å². The number of aromatic nitrogens is 2. The standard InChI is InChI=1S/C15H22N4O/c1-4-19(11-14-6-5-7-20-14)15-10-16-8-13(18-15)9-17-12(2)3/h5-8,10,12,17H,4,9,11H2,1-3H3. The highest BCUT2D eigenvalue weighted by Gasteiger charge is 2.10. The molecule has 0 aromatic carbocycles. The van der Waals surface area contributed by atoms with Crippen molar-refractivity contribution in [1.82, 2.24) is 15.3 Å². The van der Waals surface area contributed by atoms with Gasteiger partial charge in [-0.2, -0.15) is 0 Å². The fourth-order valence-corrected chi connectivity index (χ4v) is 1.89. The maximum atomic E-state index is 5.39. The van der Waals surface area contributed by atoms with Gasteiger partial charge in [-0.05, 0) is 19.1 Å².